The summed E-state index contributed by atoms with van der Waals surface area (Å²) in [6, 6.07) is 11.7. The fourth-order valence-electron chi connectivity index (χ4n) is 3.13. The van der Waals surface area contributed by atoms with Gasteiger partial charge >= 0.3 is 0 Å². The van der Waals surface area contributed by atoms with Gasteiger partial charge in [0.25, 0.3) is 11.5 Å². The molecule has 0 atom stereocenters. The Morgan fingerprint density at radius 1 is 1.29 bits per heavy atom. The molecule has 3 heterocycles. The average Bonchev–Trinajstić information content (AvgIpc) is 3.29. The molecule has 2 N–H and O–H groups in total. The van der Waals surface area contributed by atoms with Crippen LogP contribution >= 0.6 is 34.9 Å². The molecule has 0 aliphatic heterocycles. The Kier molecular flexibility index (Phi) is 5.01. The highest BCUT2D eigenvalue weighted by Crippen LogP contribution is 2.30. The summed E-state index contributed by atoms with van der Waals surface area (Å²) in [6.45, 7) is 3.99. The number of benzene rings is 1. The normalized spacial score (nSPS) is 11.1. The maximum Gasteiger partial charge on any atom is 0.282 e. The number of fused-ring (bicyclic) bond motifs is 1. The zero-order valence-corrected chi connectivity index (χ0v) is 17.7. The zero-order chi connectivity index (χ0) is 19.8. The molecule has 4 aromatic rings. The van der Waals surface area contributed by atoms with Crippen LogP contribution in [-0.4, -0.2) is 15.6 Å². The molecule has 0 fully saturated rings. The van der Waals surface area contributed by atoms with E-state index in [1.54, 1.807) is 0 Å². The van der Waals surface area contributed by atoms with Crippen molar-refractivity contribution in [2.45, 2.75) is 20.3 Å². The van der Waals surface area contributed by atoms with Gasteiger partial charge < -0.3 is 4.98 Å². The van der Waals surface area contributed by atoms with Crippen LogP contribution in [-0.2, 0) is 6.42 Å². The lowest BCUT2D eigenvalue weighted by molar-refractivity contribution is 0.101. The smallest absolute Gasteiger partial charge is 0.282 e. The number of hydrogen-bond donors (Lipinski definition) is 2. The molecule has 1 aromatic carbocycles. The summed E-state index contributed by atoms with van der Waals surface area (Å²) >= 11 is 8.32. The van der Waals surface area contributed by atoms with E-state index in [2.05, 4.69) is 10.4 Å². The molecular weight excluding hydrogens is 410 g/mol. The number of aryl methyl sites for hydroxylation is 1. The van der Waals surface area contributed by atoms with Gasteiger partial charge in [-0.1, -0.05) is 37.3 Å². The maximum absolute atomic E-state index is 13.0. The summed E-state index contributed by atoms with van der Waals surface area (Å²) in [5.41, 5.74) is 4.93. The zero-order valence-electron chi connectivity index (χ0n) is 15.2. The second kappa shape index (κ2) is 7.46. The van der Waals surface area contributed by atoms with Gasteiger partial charge in [0.05, 0.1) is 10.9 Å². The number of nitrogens with one attached hydrogen (secondary N) is 2. The van der Waals surface area contributed by atoms with Crippen LogP contribution in [0.2, 0.25) is 0 Å². The Morgan fingerprint density at radius 2 is 2.04 bits per heavy atom. The van der Waals surface area contributed by atoms with Gasteiger partial charge in [-0.2, -0.15) is 4.68 Å². The van der Waals surface area contributed by atoms with Crippen molar-refractivity contribution in [3.05, 3.63) is 72.9 Å². The van der Waals surface area contributed by atoms with E-state index in [1.807, 2.05) is 55.6 Å². The van der Waals surface area contributed by atoms with Gasteiger partial charge in [0.1, 0.15) is 4.83 Å². The first kappa shape index (κ1) is 18.8. The second-order valence-corrected chi connectivity index (χ2v) is 8.79. The third-order valence-electron chi connectivity index (χ3n) is 4.56. The fourth-order valence-corrected chi connectivity index (χ4v) is 5.42. The van der Waals surface area contributed by atoms with E-state index < -0.39 is 0 Å². The molecule has 0 unspecified atom stereocenters. The topological polar surface area (TPSA) is 66.9 Å². The summed E-state index contributed by atoms with van der Waals surface area (Å²) in [7, 11) is 0. The van der Waals surface area contributed by atoms with Gasteiger partial charge in [-0.05, 0) is 42.8 Å². The number of nitrogens with zero attached hydrogens (tertiary/aromatic N) is 1. The number of rotatable bonds is 4. The number of H-pyrrole nitrogens is 1. The molecule has 0 saturated heterocycles. The highest BCUT2D eigenvalue weighted by atomic mass is 32.1. The molecule has 0 saturated carbocycles. The van der Waals surface area contributed by atoms with Crippen LogP contribution in [0.3, 0.4) is 0 Å². The van der Waals surface area contributed by atoms with E-state index in [-0.39, 0.29) is 16.2 Å². The van der Waals surface area contributed by atoms with Crippen molar-refractivity contribution in [3.8, 4) is 10.4 Å². The molecule has 1 amide bonds. The van der Waals surface area contributed by atoms with E-state index in [0.29, 0.717) is 15.8 Å². The van der Waals surface area contributed by atoms with Crippen LogP contribution in [0, 0.1) is 11.7 Å². The molecule has 28 heavy (non-hydrogen) atoms. The Balaban J connectivity index is 1.76. The van der Waals surface area contributed by atoms with Gasteiger partial charge in [0.15, 0.2) is 0 Å². The molecule has 0 radical (unpaired) electrons. The van der Waals surface area contributed by atoms with E-state index in [1.165, 1.54) is 22.7 Å². The van der Waals surface area contributed by atoms with Gasteiger partial charge in [-0.3, -0.25) is 15.0 Å². The Labute approximate surface area is 174 Å². The standard InChI is InChI=1S/C20H17N3O2S3/c1-3-13-11(2)27-10-15(13)17(24)22-23-19(25)14-9-16(12-7-5-4-6-8-12)28-18(14)21-20(23)26/h4-10H,3H2,1-2H3,(H,21,26)(H,22,24). The van der Waals surface area contributed by atoms with E-state index >= 15 is 0 Å². The predicted octanol–water partition coefficient (Wildman–Crippen LogP) is 5.10. The largest absolute Gasteiger partial charge is 0.322 e. The quantitative estimate of drug-likeness (QED) is 0.445. The van der Waals surface area contributed by atoms with Crippen molar-refractivity contribution in [2.24, 2.45) is 0 Å². The van der Waals surface area contributed by atoms with Gasteiger partial charge in [-0.25, -0.2) is 0 Å². The molecule has 0 aliphatic rings. The fraction of sp³-hybridized carbons (Fsp3) is 0.150. The Hall–Kier alpha value is -2.55. The Bertz CT molecular complexity index is 1300. The monoisotopic (exact) mass is 427 g/mol. The van der Waals surface area contributed by atoms with Crippen LogP contribution in [0.15, 0.2) is 46.6 Å². The highest BCUT2D eigenvalue weighted by molar-refractivity contribution is 7.71. The second-order valence-electron chi connectivity index (χ2n) is 6.27. The third kappa shape index (κ3) is 3.23. The number of aromatic amines is 1. The lowest BCUT2D eigenvalue weighted by Crippen LogP contribution is -2.34. The SMILES string of the molecule is CCc1c(C(=O)Nn2c(=S)[nH]c3sc(-c4ccccc4)cc3c2=O)csc1C. The van der Waals surface area contributed by atoms with E-state index in [9.17, 15) is 9.59 Å². The molecule has 8 heteroatoms. The molecule has 0 spiro atoms. The lowest BCUT2D eigenvalue weighted by atomic mass is 10.1. The van der Waals surface area contributed by atoms with Crippen molar-refractivity contribution in [3.63, 3.8) is 0 Å². The summed E-state index contributed by atoms with van der Waals surface area (Å²) in [6.07, 6.45) is 0.754. The number of aromatic nitrogens is 2. The first-order valence-corrected chi connectivity index (χ1v) is 10.8. The molecule has 0 bridgehead atoms. The van der Waals surface area contributed by atoms with Crippen LogP contribution < -0.4 is 11.0 Å². The summed E-state index contributed by atoms with van der Waals surface area (Å²) in [4.78, 5) is 31.6. The number of amides is 1. The first-order valence-electron chi connectivity index (χ1n) is 8.72. The summed E-state index contributed by atoms with van der Waals surface area (Å²) < 4.78 is 1.28. The third-order valence-corrected chi connectivity index (χ3v) is 6.90. The van der Waals surface area contributed by atoms with Crippen molar-refractivity contribution in [1.82, 2.24) is 9.66 Å². The van der Waals surface area contributed by atoms with Crippen molar-refractivity contribution in [2.75, 3.05) is 5.43 Å². The highest BCUT2D eigenvalue weighted by Gasteiger charge is 2.17. The Morgan fingerprint density at radius 3 is 2.75 bits per heavy atom. The van der Waals surface area contributed by atoms with Gasteiger partial charge in [0.2, 0.25) is 4.77 Å². The van der Waals surface area contributed by atoms with E-state index in [4.69, 9.17) is 12.2 Å². The predicted molar refractivity (Wildman–Crippen MR) is 119 cm³/mol. The maximum atomic E-state index is 13.0. The molecule has 3 aromatic heterocycles. The summed E-state index contributed by atoms with van der Waals surface area (Å²) in [5, 5.41) is 2.31. The van der Waals surface area contributed by atoms with Gasteiger partial charge in [0, 0.05) is 15.1 Å². The summed E-state index contributed by atoms with van der Waals surface area (Å²) in [5.74, 6) is -0.333. The van der Waals surface area contributed by atoms with Crippen LogP contribution in [0.25, 0.3) is 20.7 Å². The van der Waals surface area contributed by atoms with Gasteiger partial charge in [-0.15, -0.1) is 22.7 Å². The number of carbonyl (C=O) groups excluding carboxylic acids is 1. The minimum Gasteiger partial charge on any atom is -0.322 e. The molecule has 0 aliphatic carbocycles. The van der Waals surface area contributed by atoms with E-state index in [0.717, 1.165) is 32.0 Å². The van der Waals surface area contributed by atoms with Crippen molar-refractivity contribution < 1.29 is 4.79 Å². The molecular formula is C20H17N3O2S3. The van der Waals surface area contributed by atoms with Crippen molar-refractivity contribution >= 4 is 51.0 Å². The lowest BCUT2D eigenvalue weighted by Gasteiger charge is -2.09. The molecule has 5 nitrogen and oxygen atoms in total. The molecule has 142 valence electrons. The number of carbonyl (C=O) groups is 1. The van der Waals surface area contributed by atoms with Crippen LogP contribution in [0.4, 0.5) is 0 Å². The van der Waals surface area contributed by atoms with Crippen LogP contribution in [0.5, 0.6) is 0 Å². The average molecular weight is 428 g/mol. The minimum absolute atomic E-state index is 0.164. The molecule has 4 rings (SSSR count). The first-order chi connectivity index (χ1) is 13.5. The van der Waals surface area contributed by atoms with Crippen molar-refractivity contribution in [1.29, 1.82) is 0 Å². The number of thiophene rings is 2. The number of hydrogen-bond acceptors (Lipinski definition) is 5. The van der Waals surface area contributed by atoms with Crippen LogP contribution in [0.1, 0.15) is 27.7 Å². The minimum atomic E-state index is -0.337.